The molecule has 0 saturated heterocycles. The van der Waals surface area contributed by atoms with Crippen molar-refractivity contribution < 1.29 is 27.8 Å². The Hall–Kier alpha value is -2.88. The van der Waals surface area contributed by atoms with Crippen LogP contribution >= 0.6 is 11.9 Å². The van der Waals surface area contributed by atoms with E-state index >= 15 is 0 Å². The van der Waals surface area contributed by atoms with Crippen molar-refractivity contribution in [2.45, 2.75) is 55.3 Å². The van der Waals surface area contributed by atoms with E-state index in [9.17, 15) is 18.3 Å². The summed E-state index contributed by atoms with van der Waals surface area (Å²) in [7, 11) is 0. The van der Waals surface area contributed by atoms with Gasteiger partial charge in [0.05, 0.1) is 17.8 Å². The van der Waals surface area contributed by atoms with Crippen LogP contribution in [0.25, 0.3) is 0 Å². The third-order valence-electron chi connectivity index (χ3n) is 6.30. The molecule has 0 bridgehead atoms. The molecule has 3 atom stereocenters. The maximum Gasteiger partial charge on any atom is 0.573 e. The first kappa shape index (κ1) is 23.8. The van der Waals surface area contributed by atoms with E-state index < -0.39 is 12.5 Å². The molecule has 5 nitrogen and oxygen atoms in total. The summed E-state index contributed by atoms with van der Waals surface area (Å²) >= 11 is 1.29. The molecular formula is C26H25F3N2O3S. The third-order valence-corrected chi connectivity index (χ3v) is 7.23. The number of nitrogens with zero attached hydrogens (tertiary/aromatic N) is 1. The molecule has 0 amide bonds. The van der Waals surface area contributed by atoms with Gasteiger partial charge in [-0.15, -0.1) is 13.2 Å². The molecule has 2 N–H and O–H groups in total. The molecule has 3 aromatic carbocycles. The lowest BCUT2D eigenvalue weighted by Gasteiger charge is -2.42. The fraction of sp³-hybridized carbons (Fsp3) is 0.308. The molecule has 1 heterocycles. The summed E-state index contributed by atoms with van der Waals surface area (Å²) in [6.07, 6.45) is -2.88. The minimum atomic E-state index is -4.72. The lowest BCUT2D eigenvalue weighted by atomic mass is 9.86. The van der Waals surface area contributed by atoms with Gasteiger partial charge in [-0.05, 0) is 73.7 Å². The summed E-state index contributed by atoms with van der Waals surface area (Å²) in [6, 6.07) is 21.3. The Kier molecular flexibility index (Phi) is 6.82. The van der Waals surface area contributed by atoms with Crippen LogP contribution in [0.2, 0.25) is 0 Å². The Morgan fingerprint density at radius 3 is 2.43 bits per heavy atom. The third kappa shape index (κ3) is 5.37. The van der Waals surface area contributed by atoms with Crippen LogP contribution in [0.1, 0.15) is 24.8 Å². The Bertz CT molecular complexity index is 1110. The number of halogens is 3. The number of alkyl halides is 3. The minimum Gasteiger partial charge on any atom is -0.487 e. The molecule has 1 fully saturated rings. The van der Waals surface area contributed by atoms with Crippen molar-refractivity contribution in [1.29, 1.82) is 0 Å². The highest BCUT2D eigenvalue weighted by Gasteiger charge is 2.38. The molecular weight excluding hydrogens is 477 g/mol. The maximum atomic E-state index is 12.4. The topological polar surface area (TPSA) is 54.0 Å². The van der Waals surface area contributed by atoms with E-state index in [0.29, 0.717) is 6.61 Å². The minimum absolute atomic E-state index is 0.173. The predicted octanol–water partition coefficient (Wildman–Crippen LogP) is 6.19. The SMILES string of the molecule is OC1C(NSc2ccc(OC(F)(F)F)cc2)CCCC1N1c2ccccc2COc2ccccc21. The van der Waals surface area contributed by atoms with Gasteiger partial charge >= 0.3 is 6.36 Å². The highest BCUT2D eigenvalue weighted by Crippen LogP contribution is 2.43. The maximum absolute atomic E-state index is 12.4. The molecule has 1 aliphatic carbocycles. The Morgan fingerprint density at radius 2 is 1.66 bits per heavy atom. The summed E-state index contributed by atoms with van der Waals surface area (Å²) in [4.78, 5) is 2.93. The van der Waals surface area contributed by atoms with Gasteiger partial charge in [0.15, 0.2) is 0 Å². The zero-order valence-corrected chi connectivity index (χ0v) is 19.6. The second kappa shape index (κ2) is 10.0. The number of para-hydroxylation sites is 3. The molecule has 0 aromatic heterocycles. The van der Waals surface area contributed by atoms with Gasteiger partial charge in [0.25, 0.3) is 0 Å². The molecule has 3 aromatic rings. The number of nitrogens with one attached hydrogen (secondary N) is 1. The normalized spacial score (nSPS) is 21.9. The van der Waals surface area contributed by atoms with Gasteiger partial charge in [0, 0.05) is 22.2 Å². The van der Waals surface area contributed by atoms with Crippen LogP contribution in [0.3, 0.4) is 0 Å². The van der Waals surface area contributed by atoms with E-state index in [2.05, 4.69) is 20.4 Å². The first-order valence-electron chi connectivity index (χ1n) is 11.4. The monoisotopic (exact) mass is 502 g/mol. The average molecular weight is 503 g/mol. The number of hydrogen-bond acceptors (Lipinski definition) is 6. The van der Waals surface area contributed by atoms with Crippen LogP contribution in [0, 0.1) is 0 Å². The van der Waals surface area contributed by atoms with Gasteiger partial charge in [-0.25, -0.2) is 0 Å². The van der Waals surface area contributed by atoms with Gasteiger partial charge in [-0.2, -0.15) is 0 Å². The van der Waals surface area contributed by atoms with Crippen molar-refractivity contribution in [2.24, 2.45) is 0 Å². The largest absolute Gasteiger partial charge is 0.573 e. The molecule has 0 radical (unpaired) electrons. The summed E-state index contributed by atoms with van der Waals surface area (Å²) < 4.78 is 50.5. The van der Waals surface area contributed by atoms with Crippen LogP contribution in [0.5, 0.6) is 11.5 Å². The molecule has 1 aliphatic heterocycles. The molecule has 3 unspecified atom stereocenters. The van der Waals surface area contributed by atoms with Gasteiger partial charge in [0.1, 0.15) is 18.1 Å². The first-order valence-corrected chi connectivity index (χ1v) is 12.3. The van der Waals surface area contributed by atoms with Crippen molar-refractivity contribution in [1.82, 2.24) is 4.72 Å². The molecule has 0 spiro atoms. The van der Waals surface area contributed by atoms with E-state index in [4.69, 9.17) is 4.74 Å². The average Bonchev–Trinajstić information content (AvgIpc) is 3.01. The highest BCUT2D eigenvalue weighted by molar-refractivity contribution is 7.97. The summed E-state index contributed by atoms with van der Waals surface area (Å²) in [5.41, 5.74) is 3.01. The van der Waals surface area contributed by atoms with E-state index in [0.717, 1.165) is 46.8 Å². The Balaban J connectivity index is 1.34. The molecule has 1 saturated carbocycles. The summed E-state index contributed by atoms with van der Waals surface area (Å²) in [5, 5.41) is 11.5. The Morgan fingerprint density at radius 1 is 0.943 bits per heavy atom. The number of anilines is 2. The second-order valence-electron chi connectivity index (χ2n) is 8.59. The Labute approximate surface area is 206 Å². The number of aliphatic hydroxyl groups excluding tert-OH is 1. The molecule has 5 rings (SSSR count). The molecule has 35 heavy (non-hydrogen) atoms. The van der Waals surface area contributed by atoms with Crippen LogP contribution in [-0.2, 0) is 6.61 Å². The number of fused-ring (bicyclic) bond motifs is 2. The van der Waals surface area contributed by atoms with E-state index in [1.807, 2.05) is 42.5 Å². The standard InChI is InChI=1S/C26H25F3N2O3S/c27-26(28,29)34-18-12-14-19(15-13-18)35-30-20-7-5-10-23(25(20)32)31-21-8-2-1-6-17(21)16-33-24-11-4-3-9-22(24)31/h1-4,6,8-9,11-15,20,23,25,30,32H,5,7,10,16H2. The smallest absolute Gasteiger partial charge is 0.487 e. The van der Waals surface area contributed by atoms with Gasteiger partial charge in [-0.1, -0.05) is 30.3 Å². The van der Waals surface area contributed by atoms with Crippen LogP contribution < -0.4 is 19.1 Å². The lowest BCUT2D eigenvalue weighted by Crippen LogP contribution is -2.53. The number of hydrogen-bond donors (Lipinski definition) is 2. The quantitative estimate of drug-likeness (QED) is 0.406. The van der Waals surface area contributed by atoms with Crippen LogP contribution in [0.4, 0.5) is 24.5 Å². The van der Waals surface area contributed by atoms with Crippen molar-refractivity contribution >= 4 is 23.3 Å². The van der Waals surface area contributed by atoms with E-state index in [1.165, 1.54) is 24.1 Å². The number of aliphatic hydroxyl groups is 1. The van der Waals surface area contributed by atoms with Crippen molar-refractivity contribution in [3.05, 3.63) is 78.4 Å². The fourth-order valence-corrected chi connectivity index (χ4v) is 5.53. The van der Waals surface area contributed by atoms with Gasteiger partial charge < -0.3 is 19.5 Å². The molecule has 184 valence electrons. The summed E-state index contributed by atoms with van der Waals surface area (Å²) in [6.45, 7) is 0.456. The van der Waals surface area contributed by atoms with E-state index in [1.54, 1.807) is 12.1 Å². The molecule has 9 heteroatoms. The van der Waals surface area contributed by atoms with Gasteiger partial charge in [0.2, 0.25) is 0 Å². The van der Waals surface area contributed by atoms with Crippen LogP contribution in [0.15, 0.2) is 77.7 Å². The second-order valence-corrected chi connectivity index (χ2v) is 9.50. The fourth-order valence-electron chi connectivity index (χ4n) is 4.71. The zero-order valence-electron chi connectivity index (χ0n) is 18.7. The number of benzene rings is 3. The van der Waals surface area contributed by atoms with Gasteiger partial charge in [-0.3, -0.25) is 4.72 Å². The van der Waals surface area contributed by atoms with Crippen molar-refractivity contribution in [3.8, 4) is 11.5 Å². The highest BCUT2D eigenvalue weighted by atomic mass is 32.2. The summed E-state index contributed by atoms with van der Waals surface area (Å²) in [5.74, 6) is 0.516. The first-order chi connectivity index (χ1) is 16.9. The zero-order chi connectivity index (χ0) is 24.4. The predicted molar refractivity (Wildman–Crippen MR) is 129 cm³/mol. The molecule has 2 aliphatic rings. The van der Waals surface area contributed by atoms with E-state index in [-0.39, 0.29) is 17.8 Å². The number of rotatable bonds is 5. The van der Waals surface area contributed by atoms with Crippen molar-refractivity contribution in [3.63, 3.8) is 0 Å². The number of ether oxygens (including phenoxy) is 2. The lowest BCUT2D eigenvalue weighted by molar-refractivity contribution is -0.274. The van der Waals surface area contributed by atoms with Crippen molar-refractivity contribution in [2.75, 3.05) is 4.90 Å². The van der Waals surface area contributed by atoms with Crippen LogP contribution in [-0.4, -0.2) is 29.7 Å².